The zero-order valence-electron chi connectivity index (χ0n) is 11.2. The van der Waals surface area contributed by atoms with Crippen LogP contribution in [0.5, 0.6) is 0 Å². The number of hydrogen-bond donors (Lipinski definition) is 1. The second-order valence-corrected chi connectivity index (χ2v) is 6.00. The lowest BCUT2D eigenvalue weighted by atomic mass is 10.1. The summed E-state index contributed by atoms with van der Waals surface area (Å²) in [5, 5.41) is 9.76. The fourth-order valence-electron chi connectivity index (χ4n) is 3.29. The molecule has 104 valence electrons. The molecule has 0 radical (unpaired) electrons. The molecular formula is C14H20ClN3O. The Balaban J connectivity index is 1.82. The minimum absolute atomic E-state index is 0.0135. The van der Waals surface area contributed by atoms with Crippen LogP contribution in [0, 0.1) is 0 Å². The lowest BCUT2D eigenvalue weighted by Crippen LogP contribution is -2.37. The minimum atomic E-state index is -0.0135. The van der Waals surface area contributed by atoms with Crippen LogP contribution in [0.4, 0.5) is 5.82 Å². The molecule has 2 bridgehead atoms. The van der Waals surface area contributed by atoms with Crippen LogP contribution >= 0.6 is 11.6 Å². The number of rotatable bonds is 2. The standard InChI is InChI=1S/C14H20ClN3O/c1-17-11-2-3-12(17)8-18(5-4-11)14-13(15)6-10(9-19)7-16-14/h6-7,11-12,19H,2-5,8-9H2,1H3. The second kappa shape index (κ2) is 5.27. The minimum Gasteiger partial charge on any atom is -0.392 e. The number of pyridine rings is 1. The summed E-state index contributed by atoms with van der Waals surface area (Å²) < 4.78 is 0. The Labute approximate surface area is 119 Å². The molecule has 19 heavy (non-hydrogen) atoms. The Kier molecular flexibility index (Phi) is 3.65. The smallest absolute Gasteiger partial charge is 0.147 e. The monoisotopic (exact) mass is 281 g/mol. The number of likely N-dealkylation sites (N-methyl/N-ethyl adjacent to an activating group) is 1. The number of nitrogens with zero attached hydrogens (tertiary/aromatic N) is 3. The highest BCUT2D eigenvalue weighted by molar-refractivity contribution is 6.33. The summed E-state index contributed by atoms with van der Waals surface area (Å²) in [4.78, 5) is 9.24. The summed E-state index contributed by atoms with van der Waals surface area (Å²) in [6.07, 6.45) is 5.48. The first kappa shape index (κ1) is 13.2. The Morgan fingerprint density at radius 2 is 2.16 bits per heavy atom. The van der Waals surface area contributed by atoms with E-state index in [-0.39, 0.29) is 6.61 Å². The van der Waals surface area contributed by atoms with Crippen molar-refractivity contribution in [3.05, 3.63) is 22.8 Å². The van der Waals surface area contributed by atoms with E-state index in [2.05, 4.69) is 21.8 Å². The number of aromatic nitrogens is 1. The molecule has 0 aliphatic carbocycles. The van der Waals surface area contributed by atoms with Gasteiger partial charge in [0.05, 0.1) is 11.6 Å². The van der Waals surface area contributed by atoms with Crippen molar-refractivity contribution in [2.45, 2.75) is 38.0 Å². The average molecular weight is 282 g/mol. The molecule has 2 unspecified atom stereocenters. The van der Waals surface area contributed by atoms with E-state index in [1.165, 1.54) is 19.3 Å². The number of halogens is 1. The average Bonchev–Trinajstić information content (AvgIpc) is 2.64. The Bertz CT molecular complexity index is 468. The van der Waals surface area contributed by atoms with Gasteiger partial charge >= 0.3 is 0 Å². The van der Waals surface area contributed by atoms with Crippen LogP contribution in [0.25, 0.3) is 0 Å². The Morgan fingerprint density at radius 3 is 2.89 bits per heavy atom. The van der Waals surface area contributed by atoms with E-state index in [0.717, 1.165) is 24.5 Å². The van der Waals surface area contributed by atoms with Gasteiger partial charge in [-0.05, 0) is 37.9 Å². The molecule has 0 saturated carbocycles. The van der Waals surface area contributed by atoms with Crippen molar-refractivity contribution in [1.29, 1.82) is 0 Å². The predicted molar refractivity (Wildman–Crippen MR) is 76.6 cm³/mol. The van der Waals surface area contributed by atoms with E-state index in [0.29, 0.717) is 17.1 Å². The zero-order valence-corrected chi connectivity index (χ0v) is 12.0. The number of aliphatic hydroxyl groups is 1. The molecule has 1 aromatic rings. The van der Waals surface area contributed by atoms with E-state index in [4.69, 9.17) is 16.7 Å². The summed E-state index contributed by atoms with van der Waals surface area (Å²) in [5.74, 6) is 0.861. The van der Waals surface area contributed by atoms with Gasteiger partial charge in [-0.15, -0.1) is 0 Å². The molecule has 1 aromatic heterocycles. The van der Waals surface area contributed by atoms with Crippen LogP contribution in [0.15, 0.2) is 12.3 Å². The number of hydrogen-bond acceptors (Lipinski definition) is 4. The van der Waals surface area contributed by atoms with E-state index in [1.807, 2.05) is 6.07 Å². The number of aliphatic hydroxyl groups excluding tert-OH is 1. The van der Waals surface area contributed by atoms with Crippen molar-refractivity contribution in [3.8, 4) is 0 Å². The van der Waals surface area contributed by atoms with Crippen molar-refractivity contribution in [3.63, 3.8) is 0 Å². The first-order chi connectivity index (χ1) is 9.19. The van der Waals surface area contributed by atoms with Gasteiger partial charge in [-0.2, -0.15) is 0 Å². The van der Waals surface area contributed by atoms with Crippen molar-refractivity contribution in [1.82, 2.24) is 9.88 Å². The molecule has 4 nitrogen and oxygen atoms in total. The van der Waals surface area contributed by atoms with Gasteiger partial charge in [-0.25, -0.2) is 4.98 Å². The number of anilines is 1. The highest BCUT2D eigenvalue weighted by Crippen LogP contribution is 2.32. The van der Waals surface area contributed by atoms with Crippen LogP contribution in [0.2, 0.25) is 5.02 Å². The molecule has 2 aliphatic rings. The predicted octanol–water partition coefficient (Wildman–Crippen LogP) is 1.90. The molecule has 1 N–H and O–H groups in total. The summed E-state index contributed by atoms with van der Waals surface area (Å²) >= 11 is 6.30. The Morgan fingerprint density at radius 1 is 1.37 bits per heavy atom. The van der Waals surface area contributed by atoms with Crippen LogP contribution in [0.1, 0.15) is 24.8 Å². The maximum absolute atomic E-state index is 9.11. The molecule has 0 amide bonds. The fourth-order valence-corrected chi connectivity index (χ4v) is 3.60. The lowest BCUT2D eigenvalue weighted by molar-refractivity contribution is 0.254. The molecule has 2 aliphatic heterocycles. The molecule has 0 aromatic carbocycles. The topological polar surface area (TPSA) is 39.6 Å². The van der Waals surface area contributed by atoms with E-state index < -0.39 is 0 Å². The van der Waals surface area contributed by atoms with Gasteiger partial charge in [0.1, 0.15) is 5.82 Å². The zero-order chi connectivity index (χ0) is 13.4. The maximum atomic E-state index is 9.11. The summed E-state index contributed by atoms with van der Waals surface area (Å²) in [7, 11) is 2.23. The van der Waals surface area contributed by atoms with Gasteiger partial charge in [0, 0.05) is 31.4 Å². The van der Waals surface area contributed by atoms with Crippen LogP contribution in [-0.4, -0.2) is 47.2 Å². The summed E-state index contributed by atoms with van der Waals surface area (Å²) in [5.41, 5.74) is 0.766. The normalized spacial score (nSPS) is 27.6. The summed E-state index contributed by atoms with van der Waals surface area (Å²) in [6.45, 7) is 2.00. The van der Waals surface area contributed by atoms with E-state index in [9.17, 15) is 0 Å². The van der Waals surface area contributed by atoms with Crippen molar-refractivity contribution < 1.29 is 5.11 Å². The molecule has 0 spiro atoms. The third kappa shape index (κ3) is 2.45. The van der Waals surface area contributed by atoms with Gasteiger partial charge in [0.2, 0.25) is 0 Å². The first-order valence-corrected chi connectivity index (χ1v) is 7.29. The number of fused-ring (bicyclic) bond motifs is 2. The SMILES string of the molecule is CN1C2CCC1CN(c1ncc(CO)cc1Cl)CC2. The molecule has 5 heteroatoms. The molecule has 3 rings (SSSR count). The molecule has 3 heterocycles. The van der Waals surface area contributed by atoms with Crippen molar-refractivity contribution in [2.24, 2.45) is 0 Å². The first-order valence-electron chi connectivity index (χ1n) is 6.91. The highest BCUT2D eigenvalue weighted by atomic mass is 35.5. The molecule has 2 fully saturated rings. The largest absolute Gasteiger partial charge is 0.392 e. The van der Waals surface area contributed by atoms with Crippen molar-refractivity contribution in [2.75, 3.05) is 25.0 Å². The van der Waals surface area contributed by atoms with Gasteiger partial charge in [-0.3, -0.25) is 4.90 Å². The third-order valence-electron chi connectivity index (χ3n) is 4.51. The quantitative estimate of drug-likeness (QED) is 0.899. The van der Waals surface area contributed by atoms with Gasteiger partial charge < -0.3 is 10.0 Å². The fraction of sp³-hybridized carbons (Fsp3) is 0.643. The summed E-state index contributed by atoms with van der Waals surface area (Å²) in [6, 6.07) is 3.14. The highest BCUT2D eigenvalue weighted by Gasteiger charge is 2.35. The molecular weight excluding hydrogens is 262 g/mol. The lowest BCUT2D eigenvalue weighted by Gasteiger charge is -2.27. The van der Waals surface area contributed by atoms with E-state index >= 15 is 0 Å². The van der Waals surface area contributed by atoms with Gasteiger partial charge in [0.25, 0.3) is 0 Å². The van der Waals surface area contributed by atoms with Gasteiger partial charge in [0.15, 0.2) is 0 Å². The maximum Gasteiger partial charge on any atom is 0.147 e. The molecule has 2 saturated heterocycles. The van der Waals surface area contributed by atoms with Crippen LogP contribution < -0.4 is 4.90 Å². The van der Waals surface area contributed by atoms with Crippen LogP contribution in [-0.2, 0) is 6.61 Å². The molecule has 2 atom stereocenters. The van der Waals surface area contributed by atoms with Crippen LogP contribution in [0.3, 0.4) is 0 Å². The van der Waals surface area contributed by atoms with Crippen molar-refractivity contribution >= 4 is 17.4 Å². The third-order valence-corrected chi connectivity index (χ3v) is 4.79. The second-order valence-electron chi connectivity index (χ2n) is 5.59. The Hall–Kier alpha value is -0.840. The van der Waals surface area contributed by atoms with E-state index in [1.54, 1.807) is 6.20 Å². The van der Waals surface area contributed by atoms with Gasteiger partial charge in [-0.1, -0.05) is 11.6 Å².